The van der Waals surface area contributed by atoms with Crippen molar-refractivity contribution in [2.24, 2.45) is 0 Å². The van der Waals surface area contributed by atoms with Crippen LogP contribution in [0.2, 0.25) is 0 Å². The van der Waals surface area contributed by atoms with E-state index in [2.05, 4.69) is 5.32 Å². The summed E-state index contributed by atoms with van der Waals surface area (Å²) in [5.41, 5.74) is 3.56. The third kappa shape index (κ3) is 6.49. The summed E-state index contributed by atoms with van der Waals surface area (Å²) in [4.78, 5) is 56.0. The predicted octanol–water partition coefficient (Wildman–Crippen LogP) is 4.52. The molecule has 0 saturated carbocycles. The van der Waals surface area contributed by atoms with Gasteiger partial charge in [-0.15, -0.1) is 0 Å². The Morgan fingerprint density at radius 2 is 1.62 bits per heavy atom. The molecule has 2 saturated heterocycles. The van der Waals surface area contributed by atoms with Gasteiger partial charge in [-0.2, -0.15) is 0 Å². The first-order chi connectivity index (χ1) is 20.3. The summed E-state index contributed by atoms with van der Waals surface area (Å²) in [5.74, 6) is -0.910. The molecule has 0 bridgehead atoms. The van der Waals surface area contributed by atoms with E-state index < -0.39 is 12.0 Å². The van der Waals surface area contributed by atoms with Gasteiger partial charge >= 0.3 is 5.97 Å². The quantitative estimate of drug-likeness (QED) is 0.276. The van der Waals surface area contributed by atoms with E-state index in [-0.39, 0.29) is 30.7 Å². The summed E-state index contributed by atoms with van der Waals surface area (Å²) in [7, 11) is 0. The number of carbonyl (C=O) groups is 4. The van der Waals surface area contributed by atoms with Gasteiger partial charge in [-0.1, -0.05) is 42.5 Å². The maximum absolute atomic E-state index is 13.7. The highest BCUT2D eigenvalue weighted by Crippen LogP contribution is 2.27. The van der Waals surface area contributed by atoms with Crippen molar-refractivity contribution < 1.29 is 23.9 Å². The number of nitrogens with zero attached hydrogens (tertiary/aromatic N) is 3. The lowest BCUT2D eigenvalue weighted by atomic mass is 10.1. The Morgan fingerprint density at radius 3 is 2.26 bits per heavy atom. The predicted molar refractivity (Wildman–Crippen MR) is 163 cm³/mol. The van der Waals surface area contributed by atoms with E-state index in [0.717, 1.165) is 23.2 Å². The van der Waals surface area contributed by atoms with Gasteiger partial charge in [0.1, 0.15) is 6.04 Å². The molecule has 0 unspecified atom stereocenters. The highest BCUT2D eigenvalue weighted by molar-refractivity contribution is 7.80. The van der Waals surface area contributed by atoms with Crippen LogP contribution in [-0.2, 0) is 32.2 Å². The molecular formula is C32H32N4O5S. The smallest absolute Gasteiger partial charge is 0.338 e. The number of hydrogen-bond donors (Lipinski definition) is 1. The molecule has 1 N–H and O–H groups in total. The van der Waals surface area contributed by atoms with E-state index in [1.807, 2.05) is 54.6 Å². The first-order valence-electron chi connectivity index (χ1n) is 14.0. The summed E-state index contributed by atoms with van der Waals surface area (Å²) in [5, 5.41) is 3.19. The lowest BCUT2D eigenvalue weighted by Gasteiger charge is -2.24. The molecule has 0 spiro atoms. The van der Waals surface area contributed by atoms with Crippen molar-refractivity contribution in [1.29, 1.82) is 0 Å². The van der Waals surface area contributed by atoms with Crippen LogP contribution >= 0.6 is 12.2 Å². The minimum Gasteiger partial charge on any atom is -0.462 e. The first kappa shape index (κ1) is 28.9. The van der Waals surface area contributed by atoms with Crippen molar-refractivity contribution in [3.63, 3.8) is 0 Å². The van der Waals surface area contributed by atoms with Gasteiger partial charge in [-0.25, -0.2) is 4.79 Å². The second-order valence-electron chi connectivity index (χ2n) is 10.2. The molecule has 0 radical (unpaired) electrons. The molecule has 2 aliphatic heterocycles. The topological polar surface area (TPSA) is 99.3 Å². The van der Waals surface area contributed by atoms with E-state index in [1.54, 1.807) is 45.9 Å². The Kier molecular flexibility index (Phi) is 8.92. The number of thiocarbonyl (C=S) groups is 1. The monoisotopic (exact) mass is 584 g/mol. The molecule has 3 aromatic rings. The van der Waals surface area contributed by atoms with Crippen LogP contribution in [0.15, 0.2) is 78.9 Å². The average Bonchev–Trinajstić information content (AvgIpc) is 3.51. The zero-order valence-electron chi connectivity index (χ0n) is 23.3. The molecule has 0 aromatic heterocycles. The van der Waals surface area contributed by atoms with E-state index in [4.69, 9.17) is 17.0 Å². The van der Waals surface area contributed by atoms with Crippen molar-refractivity contribution >= 4 is 52.4 Å². The van der Waals surface area contributed by atoms with Gasteiger partial charge in [-0.05, 0) is 73.1 Å². The van der Waals surface area contributed by atoms with Crippen molar-refractivity contribution in [2.45, 2.75) is 45.3 Å². The maximum atomic E-state index is 13.7. The number of anilines is 2. The number of benzene rings is 3. The van der Waals surface area contributed by atoms with Crippen molar-refractivity contribution in [2.75, 3.05) is 23.4 Å². The minimum atomic E-state index is -0.792. The average molecular weight is 585 g/mol. The highest BCUT2D eigenvalue weighted by atomic mass is 32.1. The Morgan fingerprint density at radius 1 is 0.929 bits per heavy atom. The molecule has 1 atom stereocenters. The second kappa shape index (κ2) is 12.9. The zero-order valence-corrected chi connectivity index (χ0v) is 24.1. The number of nitrogens with one attached hydrogen (secondary N) is 1. The Labute approximate surface area is 250 Å². The molecule has 3 amide bonds. The fourth-order valence-corrected chi connectivity index (χ4v) is 5.52. The molecule has 2 aliphatic rings. The number of hydrogen-bond acceptors (Lipinski definition) is 6. The maximum Gasteiger partial charge on any atom is 0.338 e. The number of carbonyl (C=O) groups excluding carboxylic acids is 4. The molecule has 5 rings (SSSR count). The molecule has 3 aromatic carbocycles. The van der Waals surface area contributed by atoms with Crippen molar-refractivity contribution in [3.8, 4) is 0 Å². The van der Waals surface area contributed by atoms with Crippen LogP contribution in [0.1, 0.15) is 47.7 Å². The lowest BCUT2D eigenvalue weighted by Crippen LogP contribution is -2.37. The van der Waals surface area contributed by atoms with Crippen molar-refractivity contribution in [1.82, 2.24) is 9.80 Å². The number of ether oxygens (including phenoxy) is 1. The molecule has 10 heteroatoms. The van der Waals surface area contributed by atoms with Crippen LogP contribution in [0.5, 0.6) is 0 Å². The van der Waals surface area contributed by atoms with Crippen LogP contribution in [0.3, 0.4) is 0 Å². The third-order valence-corrected chi connectivity index (χ3v) is 7.78. The van der Waals surface area contributed by atoms with Gasteiger partial charge in [0.25, 0.3) is 5.91 Å². The highest BCUT2D eigenvalue weighted by Gasteiger charge is 2.43. The van der Waals surface area contributed by atoms with Gasteiger partial charge in [0, 0.05) is 30.9 Å². The van der Waals surface area contributed by atoms with Gasteiger partial charge in [0.05, 0.1) is 25.1 Å². The summed E-state index contributed by atoms with van der Waals surface area (Å²) in [6.45, 7) is 3.35. The number of esters is 1. The Balaban J connectivity index is 1.32. The molecule has 9 nitrogen and oxygen atoms in total. The molecule has 2 heterocycles. The van der Waals surface area contributed by atoms with Crippen LogP contribution in [0.25, 0.3) is 0 Å². The van der Waals surface area contributed by atoms with Gasteiger partial charge in [-0.3, -0.25) is 19.3 Å². The van der Waals surface area contributed by atoms with E-state index in [0.29, 0.717) is 42.4 Å². The zero-order chi connectivity index (χ0) is 29.6. The number of rotatable bonds is 10. The fourth-order valence-electron chi connectivity index (χ4n) is 5.17. The Hall–Kier alpha value is -4.57. The van der Waals surface area contributed by atoms with E-state index in [1.165, 1.54) is 0 Å². The third-order valence-electron chi connectivity index (χ3n) is 7.32. The summed E-state index contributed by atoms with van der Waals surface area (Å²) < 4.78 is 5.01. The van der Waals surface area contributed by atoms with Crippen molar-refractivity contribution in [3.05, 3.63) is 95.6 Å². The summed E-state index contributed by atoms with van der Waals surface area (Å²) in [6, 6.07) is 22.9. The molecule has 0 aliphatic carbocycles. The summed E-state index contributed by atoms with van der Waals surface area (Å²) in [6.07, 6.45) is 1.30. The second-order valence-corrected chi connectivity index (χ2v) is 10.6. The van der Waals surface area contributed by atoms with Gasteiger partial charge < -0.3 is 19.9 Å². The van der Waals surface area contributed by atoms with E-state index >= 15 is 0 Å². The molecule has 42 heavy (non-hydrogen) atoms. The Bertz CT molecular complexity index is 1480. The SMILES string of the molecule is CCOC(=O)c1ccc(NC(=O)C[C@H]2C(=O)N(Cc3ccccc3)C(=S)N2Cc2ccc(N3CCCC3=O)cc2)cc1. The van der Waals surface area contributed by atoms with E-state index in [9.17, 15) is 19.2 Å². The van der Waals surface area contributed by atoms with Gasteiger partial charge in [0.15, 0.2) is 5.11 Å². The molecule has 216 valence electrons. The largest absolute Gasteiger partial charge is 0.462 e. The minimum absolute atomic E-state index is 0.107. The van der Waals surface area contributed by atoms with Crippen LogP contribution in [0.4, 0.5) is 11.4 Å². The lowest BCUT2D eigenvalue weighted by molar-refractivity contribution is -0.131. The first-order valence-corrected chi connectivity index (χ1v) is 14.4. The normalized spacial score (nSPS) is 16.7. The van der Waals surface area contributed by atoms with Crippen LogP contribution < -0.4 is 10.2 Å². The standard InChI is InChI=1S/C32H32N4O5S/c1-2-41-31(40)24-12-14-25(15-13-24)33-28(37)19-27-30(39)36(21-22-7-4-3-5-8-22)32(42)35(27)20-23-10-16-26(17-11-23)34-18-6-9-29(34)38/h3-5,7-8,10-17,27H,2,6,9,18-21H2,1H3,(H,33,37)/t27-/m0/s1. The molecule has 2 fully saturated rings. The fraction of sp³-hybridized carbons (Fsp3) is 0.281. The van der Waals surface area contributed by atoms with Crippen LogP contribution in [-0.4, -0.2) is 57.8 Å². The van der Waals surface area contributed by atoms with Crippen LogP contribution in [0, 0.1) is 0 Å². The van der Waals surface area contributed by atoms with Gasteiger partial charge in [0.2, 0.25) is 11.8 Å². The molecular weight excluding hydrogens is 552 g/mol. The number of amides is 3. The summed E-state index contributed by atoms with van der Waals surface area (Å²) >= 11 is 5.79.